The Hall–Kier alpha value is -1.59. The van der Waals surface area contributed by atoms with Gasteiger partial charge in [-0.25, -0.2) is 4.39 Å². The Bertz CT molecular complexity index is 638. The molecule has 0 saturated carbocycles. The summed E-state index contributed by atoms with van der Waals surface area (Å²) in [5.41, 5.74) is 1.14. The van der Waals surface area contributed by atoms with Gasteiger partial charge >= 0.3 is 6.61 Å². The van der Waals surface area contributed by atoms with E-state index < -0.39 is 18.2 Å². The topological polar surface area (TPSA) is 21.3 Å². The van der Waals surface area contributed by atoms with Crippen LogP contribution in [0.1, 0.15) is 5.56 Å². The maximum Gasteiger partial charge on any atom is 0.387 e. The van der Waals surface area contributed by atoms with Crippen LogP contribution in [-0.2, 0) is 6.54 Å². The lowest BCUT2D eigenvalue weighted by atomic mass is 10.2. The molecule has 0 aromatic heterocycles. The van der Waals surface area contributed by atoms with Gasteiger partial charge in [-0.3, -0.25) is 0 Å². The summed E-state index contributed by atoms with van der Waals surface area (Å²) >= 11 is 11.9. The summed E-state index contributed by atoms with van der Waals surface area (Å²) in [5.74, 6) is -1.38. The molecule has 112 valence electrons. The van der Waals surface area contributed by atoms with Gasteiger partial charge in [0, 0.05) is 28.3 Å². The van der Waals surface area contributed by atoms with Crippen LogP contribution in [0.3, 0.4) is 0 Å². The number of ether oxygens (including phenoxy) is 1. The third kappa shape index (κ3) is 4.44. The van der Waals surface area contributed by atoms with Crippen LogP contribution in [0.5, 0.6) is 5.75 Å². The van der Waals surface area contributed by atoms with E-state index in [1.807, 2.05) is 0 Å². The second-order valence-corrected chi connectivity index (χ2v) is 4.96. The first-order chi connectivity index (χ1) is 9.95. The standard InChI is InChI=1S/C14H10Cl2F3NO/c15-9-1-3-11(16)8(5-9)7-20-10-2-4-13(12(17)6-10)21-14(18)19/h1-6,14,20H,7H2. The number of nitrogens with one attached hydrogen (secondary N) is 1. The zero-order chi connectivity index (χ0) is 15.4. The van der Waals surface area contributed by atoms with E-state index in [2.05, 4.69) is 10.1 Å². The molecule has 0 saturated heterocycles. The highest BCUT2D eigenvalue weighted by atomic mass is 35.5. The minimum Gasteiger partial charge on any atom is -0.432 e. The fourth-order valence-corrected chi connectivity index (χ4v) is 2.06. The third-order valence-electron chi connectivity index (χ3n) is 2.64. The van der Waals surface area contributed by atoms with Gasteiger partial charge in [-0.1, -0.05) is 23.2 Å². The number of hydrogen-bond acceptors (Lipinski definition) is 2. The lowest BCUT2D eigenvalue weighted by molar-refractivity contribution is -0.0521. The van der Waals surface area contributed by atoms with Crippen LogP contribution in [0, 0.1) is 5.82 Å². The molecule has 0 aliphatic heterocycles. The molecule has 1 N–H and O–H groups in total. The molecule has 0 spiro atoms. The zero-order valence-corrected chi connectivity index (χ0v) is 12.1. The van der Waals surface area contributed by atoms with Crippen molar-refractivity contribution in [1.82, 2.24) is 0 Å². The van der Waals surface area contributed by atoms with E-state index in [0.29, 0.717) is 22.3 Å². The lowest BCUT2D eigenvalue weighted by Gasteiger charge is -2.10. The van der Waals surface area contributed by atoms with Crippen LogP contribution in [0.15, 0.2) is 36.4 Å². The fraction of sp³-hybridized carbons (Fsp3) is 0.143. The lowest BCUT2D eigenvalue weighted by Crippen LogP contribution is -2.05. The van der Waals surface area contributed by atoms with Gasteiger partial charge in [-0.15, -0.1) is 0 Å². The van der Waals surface area contributed by atoms with Crippen molar-refractivity contribution < 1.29 is 17.9 Å². The van der Waals surface area contributed by atoms with Crippen molar-refractivity contribution in [3.63, 3.8) is 0 Å². The molecule has 0 amide bonds. The van der Waals surface area contributed by atoms with Gasteiger partial charge < -0.3 is 10.1 Å². The predicted molar refractivity (Wildman–Crippen MR) is 76.8 cm³/mol. The number of alkyl halides is 2. The molecule has 0 unspecified atom stereocenters. The van der Waals surface area contributed by atoms with Crippen molar-refractivity contribution in [2.75, 3.05) is 5.32 Å². The van der Waals surface area contributed by atoms with Gasteiger partial charge in [0.1, 0.15) is 0 Å². The van der Waals surface area contributed by atoms with E-state index in [1.54, 1.807) is 18.2 Å². The quantitative estimate of drug-likeness (QED) is 0.795. The summed E-state index contributed by atoms with van der Waals surface area (Å²) < 4.78 is 41.6. The summed E-state index contributed by atoms with van der Waals surface area (Å²) in [4.78, 5) is 0. The molecule has 21 heavy (non-hydrogen) atoms. The van der Waals surface area contributed by atoms with Crippen LogP contribution in [-0.4, -0.2) is 6.61 Å². The summed E-state index contributed by atoms with van der Waals surface area (Å²) in [5, 5.41) is 3.97. The van der Waals surface area contributed by atoms with Crippen LogP contribution in [0.25, 0.3) is 0 Å². The van der Waals surface area contributed by atoms with Crippen LogP contribution in [0.4, 0.5) is 18.9 Å². The summed E-state index contributed by atoms with van der Waals surface area (Å²) in [7, 11) is 0. The Balaban J connectivity index is 2.07. The van der Waals surface area contributed by atoms with E-state index in [0.717, 1.165) is 17.7 Å². The molecule has 0 aliphatic carbocycles. The minimum absolute atomic E-state index is 0.313. The van der Waals surface area contributed by atoms with Crippen molar-refractivity contribution in [3.8, 4) is 5.75 Å². The maximum absolute atomic E-state index is 13.5. The van der Waals surface area contributed by atoms with E-state index in [1.165, 1.54) is 6.07 Å². The molecular formula is C14H10Cl2F3NO. The normalized spacial score (nSPS) is 10.8. The number of halogens is 5. The fourth-order valence-electron chi connectivity index (χ4n) is 1.68. The Labute approximate surface area is 129 Å². The van der Waals surface area contributed by atoms with Crippen LogP contribution < -0.4 is 10.1 Å². The van der Waals surface area contributed by atoms with Crippen LogP contribution in [0.2, 0.25) is 10.0 Å². The largest absolute Gasteiger partial charge is 0.432 e. The van der Waals surface area contributed by atoms with Crippen LogP contribution >= 0.6 is 23.2 Å². The Kier molecular flexibility index (Phi) is 5.20. The monoisotopic (exact) mass is 335 g/mol. The number of hydrogen-bond donors (Lipinski definition) is 1. The second kappa shape index (κ2) is 6.91. The molecule has 0 heterocycles. The highest BCUT2D eigenvalue weighted by Gasteiger charge is 2.10. The first-order valence-electron chi connectivity index (χ1n) is 5.88. The Morgan fingerprint density at radius 2 is 1.86 bits per heavy atom. The summed E-state index contributed by atoms with van der Waals surface area (Å²) in [6, 6.07) is 8.62. The first kappa shape index (κ1) is 15.8. The Morgan fingerprint density at radius 3 is 2.52 bits per heavy atom. The minimum atomic E-state index is -3.07. The smallest absolute Gasteiger partial charge is 0.387 e. The molecule has 0 aliphatic rings. The van der Waals surface area contributed by atoms with Crippen molar-refractivity contribution in [1.29, 1.82) is 0 Å². The zero-order valence-electron chi connectivity index (χ0n) is 10.5. The Morgan fingerprint density at radius 1 is 1.10 bits per heavy atom. The molecule has 2 nitrogen and oxygen atoms in total. The highest BCUT2D eigenvalue weighted by molar-refractivity contribution is 6.33. The van der Waals surface area contributed by atoms with E-state index in [-0.39, 0.29) is 0 Å². The van der Waals surface area contributed by atoms with E-state index in [9.17, 15) is 13.2 Å². The molecule has 0 atom stereocenters. The van der Waals surface area contributed by atoms with Crippen molar-refractivity contribution in [2.45, 2.75) is 13.2 Å². The van der Waals surface area contributed by atoms with Gasteiger partial charge in [0.25, 0.3) is 0 Å². The number of rotatable bonds is 5. The third-order valence-corrected chi connectivity index (χ3v) is 3.24. The van der Waals surface area contributed by atoms with Crippen molar-refractivity contribution in [3.05, 3.63) is 57.8 Å². The number of benzene rings is 2. The highest BCUT2D eigenvalue weighted by Crippen LogP contribution is 2.25. The molecule has 2 aromatic carbocycles. The van der Waals surface area contributed by atoms with Gasteiger partial charge in [-0.05, 0) is 35.9 Å². The molecule has 0 bridgehead atoms. The van der Waals surface area contributed by atoms with Gasteiger partial charge in [0.05, 0.1) is 0 Å². The van der Waals surface area contributed by atoms with E-state index >= 15 is 0 Å². The molecule has 7 heteroatoms. The molecule has 2 rings (SSSR count). The summed E-state index contributed by atoms with van der Waals surface area (Å²) in [6.45, 7) is -2.75. The second-order valence-electron chi connectivity index (χ2n) is 4.11. The molecule has 2 aromatic rings. The van der Waals surface area contributed by atoms with Crippen molar-refractivity contribution >= 4 is 28.9 Å². The average molecular weight is 336 g/mol. The van der Waals surface area contributed by atoms with Crippen molar-refractivity contribution in [2.24, 2.45) is 0 Å². The maximum atomic E-state index is 13.5. The van der Waals surface area contributed by atoms with E-state index in [4.69, 9.17) is 23.2 Å². The molecular weight excluding hydrogens is 326 g/mol. The first-order valence-corrected chi connectivity index (χ1v) is 6.63. The van der Waals surface area contributed by atoms with Gasteiger partial charge in [0.2, 0.25) is 0 Å². The van der Waals surface area contributed by atoms with Gasteiger partial charge in [0.15, 0.2) is 11.6 Å². The molecule has 0 radical (unpaired) electrons. The molecule has 0 fully saturated rings. The average Bonchev–Trinajstić information content (AvgIpc) is 2.42. The SMILES string of the molecule is Fc1cc(NCc2cc(Cl)ccc2Cl)ccc1OC(F)F. The summed E-state index contributed by atoms with van der Waals surface area (Å²) in [6.07, 6.45) is 0. The van der Waals surface area contributed by atoms with Gasteiger partial charge in [-0.2, -0.15) is 8.78 Å². The predicted octanol–water partition coefficient (Wildman–Crippen LogP) is 5.35. The number of anilines is 1.